The standard InChI is InChI=1S/C28H29ClN8O3S/c1-18-5-8-20(15-25(18)41(38,39)35-29)32-27-30-14-13-26(34-27)36(2)21-9-12-24-23(16-21)33-28(37(24)3)31-17-19-6-10-22(40-4)11-7-19/h5-16,35H,17H2,1-4H3,(H,31,33)(H,30,32,34). The number of hydrogen-bond donors (Lipinski definition) is 3. The summed E-state index contributed by atoms with van der Waals surface area (Å²) < 4.78 is 33.6. The van der Waals surface area contributed by atoms with E-state index in [9.17, 15) is 8.42 Å². The van der Waals surface area contributed by atoms with Gasteiger partial charge in [-0.3, -0.25) is 0 Å². The average molecular weight is 593 g/mol. The summed E-state index contributed by atoms with van der Waals surface area (Å²) in [6.45, 7) is 2.32. The van der Waals surface area contributed by atoms with Gasteiger partial charge < -0.3 is 24.8 Å². The Morgan fingerprint density at radius 3 is 2.54 bits per heavy atom. The van der Waals surface area contributed by atoms with Crippen LogP contribution in [0.1, 0.15) is 11.1 Å². The van der Waals surface area contributed by atoms with E-state index in [2.05, 4.69) is 20.6 Å². The summed E-state index contributed by atoms with van der Waals surface area (Å²) in [5, 5.41) is 6.48. The minimum Gasteiger partial charge on any atom is -0.497 e. The average Bonchev–Trinajstić information content (AvgIpc) is 3.31. The van der Waals surface area contributed by atoms with Crippen LogP contribution < -0.4 is 24.5 Å². The van der Waals surface area contributed by atoms with Crippen molar-refractivity contribution in [3.05, 3.63) is 84.1 Å². The minimum atomic E-state index is -3.83. The summed E-state index contributed by atoms with van der Waals surface area (Å²) in [5.74, 6) is 2.52. The number of imidazole rings is 1. The molecule has 0 radical (unpaired) electrons. The van der Waals surface area contributed by atoms with E-state index in [4.69, 9.17) is 21.5 Å². The van der Waals surface area contributed by atoms with Crippen molar-refractivity contribution in [3.63, 3.8) is 0 Å². The lowest BCUT2D eigenvalue weighted by Gasteiger charge is -2.19. The molecule has 5 rings (SSSR count). The number of fused-ring (bicyclic) bond motifs is 1. The molecule has 0 spiro atoms. The highest BCUT2D eigenvalue weighted by molar-refractivity contribution is 7.90. The molecule has 0 aliphatic rings. The molecular formula is C28H29ClN8O3S. The molecule has 0 saturated heterocycles. The number of aryl methyl sites for hydroxylation is 2. The second-order valence-corrected chi connectivity index (χ2v) is 11.4. The lowest BCUT2D eigenvalue weighted by Crippen LogP contribution is -2.15. The van der Waals surface area contributed by atoms with Crippen LogP contribution in [-0.2, 0) is 23.6 Å². The zero-order valence-electron chi connectivity index (χ0n) is 22.9. The Hall–Kier alpha value is -4.39. The van der Waals surface area contributed by atoms with Crippen molar-refractivity contribution in [2.24, 2.45) is 7.05 Å². The molecule has 0 bridgehead atoms. The molecule has 0 aliphatic heterocycles. The number of halogens is 1. The fourth-order valence-corrected chi connectivity index (χ4v) is 5.45. The summed E-state index contributed by atoms with van der Waals surface area (Å²) in [7, 11) is 1.70. The first-order chi connectivity index (χ1) is 19.7. The van der Waals surface area contributed by atoms with Crippen molar-refractivity contribution < 1.29 is 13.2 Å². The second-order valence-electron chi connectivity index (χ2n) is 9.35. The van der Waals surface area contributed by atoms with E-state index < -0.39 is 10.0 Å². The first kappa shape index (κ1) is 28.1. The molecule has 0 atom stereocenters. The highest BCUT2D eigenvalue weighted by atomic mass is 35.5. The summed E-state index contributed by atoms with van der Waals surface area (Å²) in [6, 6.07) is 20.6. The van der Waals surface area contributed by atoms with Crippen LogP contribution in [0.25, 0.3) is 11.0 Å². The number of ether oxygens (including phenoxy) is 1. The van der Waals surface area contributed by atoms with Crippen molar-refractivity contribution in [1.82, 2.24) is 23.8 Å². The minimum absolute atomic E-state index is 0.0623. The smallest absolute Gasteiger partial charge is 0.254 e. The molecule has 41 heavy (non-hydrogen) atoms. The van der Waals surface area contributed by atoms with E-state index in [0.717, 1.165) is 34.0 Å². The van der Waals surface area contributed by atoms with Crippen LogP contribution in [0, 0.1) is 6.92 Å². The lowest BCUT2D eigenvalue weighted by molar-refractivity contribution is 0.414. The molecule has 13 heteroatoms. The predicted octanol–water partition coefficient (Wildman–Crippen LogP) is 5.24. The van der Waals surface area contributed by atoms with E-state index in [1.807, 2.05) is 70.3 Å². The van der Waals surface area contributed by atoms with Gasteiger partial charge in [0.05, 0.1) is 23.0 Å². The van der Waals surface area contributed by atoms with Gasteiger partial charge in [0.2, 0.25) is 11.9 Å². The predicted molar refractivity (Wildman–Crippen MR) is 162 cm³/mol. The van der Waals surface area contributed by atoms with Crippen LogP contribution >= 0.6 is 11.8 Å². The second kappa shape index (κ2) is 11.6. The van der Waals surface area contributed by atoms with Crippen molar-refractivity contribution in [2.75, 3.05) is 29.7 Å². The number of aromatic nitrogens is 4. The van der Waals surface area contributed by atoms with Gasteiger partial charge in [-0.25, -0.2) is 18.4 Å². The largest absolute Gasteiger partial charge is 0.497 e. The van der Waals surface area contributed by atoms with E-state index in [1.165, 1.54) is 6.07 Å². The molecule has 11 nitrogen and oxygen atoms in total. The fourth-order valence-electron chi connectivity index (χ4n) is 4.35. The fraction of sp³-hybridized carbons (Fsp3) is 0.179. The first-order valence-corrected chi connectivity index (χ1v) is 14.4. The molecular weight excluding hydrogens is 564 g/mol. The molecule has 3 N–H and O–H groups in total. The van der Waals surface area contributed by atoms with Gasteiger partial charge in [0, 0.05) is 38.2 Å². The van der Waals surface area contributed by atoms with Crippen molar-refractivity contribution in [1.29, 1.82) is 0 Å². The van der Waals surface area contributed by atoms with Gasteiger partial charge in [0.25, 0.3) is 10.0 Å². The van der Waals surface area contributed by atoms with E-state index in [0.29, 0.717) is 29.6 Å². The zero-order chi connectivity index (χ0) is 29.1. The summed E-state index contributed by atoms with van der Waals surface area (Å²) >= 11 is 5.42. The molecule has 5 aromatic rings. The van der Waals surface area contributed by atoms with Crippen LogP contribution in [0.3, 0.4) is 0 Å². The topological polar surface area (TPSA) is 126 Å². The van der Waals surface area contributed by atoms with E-state index in [-0.39, 0.29) is 4.90 Å². The van der Waals surface area contributed by atoms with Crippen LogP contribution in [0.5, 0.6) is 5.75 Å². The van der Waals surface area contributed by atoms with Crippen LogP contribution in [0.4, 0.5) is 29.1 Å². The number of benzene rings is 3. The normalized spacial score (nSPS) is 11.4. The van der Waals surface area contributed by atoms with Crippen molar-refractivity contribution in [3.8, 4) is 5.75 Å². The first-order valence-electron chi connectivity index (χ1n) is 12.6. The number of anilines is 5. The molecule has 2 heterocycles. The van der Waals surface area contributed by atoms with Crippen molar-refractivity contribution >= 4 is 61.9 Å². The van der Waals surface area contributed by atoms with Crippen LogP contribution in [-0.4, -0.2) is 42.1 Å². The third-order valence-electron chi connectivity index (χ3n) is 6.68. The van der Waals surface area contributed by atoms with Gasteiger partial charge in [0.15, 0.2) is 0 Å². The van der Waals surface area contributed by atoms with Gasteiger partial charge in [-0.05, 0) is 78.4 Å². The van der Waals surface area contributed by atoms with Gasteiger partial charge in [-0.1, -0.05) is 18.2 Å². The molecule has 3 aromatic carbocycles. The Kier molecular flexibility index (Phi) is 7.97. The van der Waals surface area contributed by atoms with Crippen molar-refractivity contribution in [2.45, 2.75) is 18.4 Å². The van der Waals surface area contributed by atoms with Crippen LogP contribution in [0.15, 0.2) is 77.8 Å². The maximum atomic E-state index is 12.2. The number of nitrogens with one attached hydrogen (secondary N) is 3. The lowest BCUT2D eigenvalue weighted by atomic mass is 10.2. The molecule has 0 unspecified atom stereocenters. The maximum Gasteiger partial charge on any atom is 0.254 e. The number of methoxy groups -OCH3 is 1. The molecule has 2 aromatic heterocycles. The van der Waals surface area contributed by atoms with Gasteiger partial charge in [-0.2, -0.15) is 4.98 Å². The summed E-state index contributed by atoms with van der Waals surface area (Å²) in [6.07, 6.45) is 1.63. The summed E-state index contributed by atoms with van der Waals surface area (Å²) in [5.41, 5.74) is 4.89. The molecule has 212 valence electrons. The monoisotopic (exact) mass is 592 g/mol. The Bertz CT molecular complexity index is 1810. The van der Waals surface area contributed by atoms with Gasteiger partial charge >= 0.3 is 0 Å². The third kappa shape index (κ3) is 6.04. The summed E-state index contributed by atoms with van der Waals surface area (Å²) in [4.78, 5) is 15.7. The SMILES string of the molecule is COc1ccc(CNc2nc3cc(N(C)c4ccnc(Nc5ccc(C)c(S(=O)(=O)NCl)c5)n4)ccc3n2C)cc1. The highest BCUT2D eigenvalue weighted by Crippen LogP contribution is 2.29. The molecule has 0 aliphatic carbocycles. The number of nitrogens with zero attached hydrogens (tertiary/aromatic N) is 5. The Morgan fingerprint density at radius 2 is 1.80 bits per heavy atom. The molecule has 0 amide bonds. The number of sulfonamides is 1. The Morgan fingerprint density at radius 1 is 1.02 bits per heavy atom. The molecule has 0 fully saturated rings. The Labute approximate surface area is 243 Å². The Balaban J connectivity index is 1.34. The quantitative estimate of drug-likeness (QED) is 0.187. The van der Waals surface area contributed by atoms with Gasteiger partial charge in [0.1, 0.15) is 11.6 Å². The number of rotatable bonds is 10. The van der Waals surface area contributed by atoms with Gasteiger partial charge in [-0.15, -0.1) is 4.24 Å². The van der Waals surface area contributed by atoms with E-state index in [1.54, 1.807) is 38.4 Å². The third-order valence-corrected chi connectivity index (χ3v) is 8.51. The van der Waals surface area contributed by atoms with Crippen LogP contribution in [0.2, 0.25) is 0 Å². The van der Waals surface area contributed by atoms with E-state index >= 15 is 0 Å². The molecule has 0 saturated carbocycles. The zero-order valence-corrected chi connectivity index (χ0v) is 24.5. The maximum absolute atomic E-state index is 12.2. The highest BCUT2D eigenvalue weighted by Gasteiger charge is 2.17. The number of hydrogen-bond acceptors (Lipinski definition) is 9.